The zero-order valence-corrected chi connectivity index (χ0v) is 15.6. The number of ketones is 2. The van der Waals surface area contributed by atoms with Crippen LogP contribution >= 0.6 is 0 Å². The predicted octanol–water partition coefficient (Wildman–Crippen LogP) is 4.57. The molecule has 2 aromatic rings. The first-order chi connectivity index (χ1) is 13.1. The number of ether oxygens (including phenoxy) is 1. The van der Waals surface area contributed by atoms with E-state index in [2.05, 4.69) is 19.1 Å². The molecule has 138 valence electrons. The lowest BCUT2D eigenvalue weighted by molar-refractivity contribution is -0.134. The molecule has 2 heterocycles. The maximum atomic E-state index is 13.5. The van der Waals surface area contributed by atoms with Crippen LogP contribution in [0.15, 0.2) is 60.7 Å². The third kappa shape index (κ3) is 2.12. The van der Waals surface area contributed by atoms with E-state index in [1.54, 1.807) is 0 Å². The second-order valence-electron chi connectivity index (χ2n) is 8.48. The van der Waals surface area contributed by atoms with Crippen molar-refractivity contribution in [2.45, 2.75) is 50.2 Å². The van der Waals surface area contributed by atoms with Crippen LogP contribution in [0.1, 0.15) is 54.4 Å². The highest BCUT2D eigenvalue weighted by atomic mass is 16.5. The molecular weight excluding hydrogens is 336 g/mol. The minimum absolute atomic E-state index is 0.0345. The van der Waals surface area contributed by atoms with Gasteiger partial charge in [-0.05, 0) is 25.3 Å². The van der Waals surface area contributed by atoms with Crippen LogP contribution in [0.25, 0.3) is 0 Å². The number of carbonyl (C=O) groups excluding carboxylic acids is 2. The van der Waals surface area contributed by atoms with Crippen molar-refractivity contribution in [3.8, 4) is 0 Å². The van der Waals surface area contributed by atoms with Crippen LogP contribution < -0.4 is 0 Å². The lowest BCUT2D eigenvalue weighted by atomic mass is 9.51. The molecule has 2 aromatic carbocycles. The van der Waals surface area contributed by atoms with E-state index in [9.17, 15) is 9.59 Å². The Balaban J connectivity index is 1.67. The van der Waals surface area contributed by atoms with Gasteiger partial charge >= 0.3 is 0 Å². The van der Waals surface area contributed by atoms with Crippen molar-refractivity contribution < 1.29 is 14.3 Å². The van der Waals surface area contributed by atoms with Gasteiger partial charge in [0, 0.05) is 11.5 Å². The highest BCUT2D eigenvalue weighted by molar-refractivity contribution is 6.06. The Morgan fingerprint density at radius 1 is 0.963 bits per heavy atom. The number of carbonyl (C=O) groups is 2. The zero-order chi connectivity index (χ0) is 18.6. The second kappa shape index (κ2) is 5.87. The Labute approximate surface area is 159 Å². The Hall–Kier alpha value is -2.26. The summed E-state index contributed by atoms with van der Waals surface area (Å²) >= 11 is 0. The summed E-state index contributed by atoms with van der Waals surface area (Å²) in [6.45, 7) is 2.08. The minimum atomic E-state index is -0.619. The van der Waals surface area contributed by atoms with Gasteiger partial charge in [-0.3, -0.25) is 9.59 Å². The summed E-state index contributed by atoms with van der Waals surface area (Å²) in [5.74, 6) is -0.330. The molecule has 3 nitrogen and oxygen atoms in total. The van der Waals surface area contributed by atoms with Crippen molar-refractivity contribution in [2.24, 2.45) is 11.3 Å². The molecule has 2 bridgehead atoms. The Morgan fingerprint density at radius 2 is 1.59 bits per heavy atom. The number of hydrogen-bond donors (Lipinski definition) is 0. The molecule has 0 N–H and O–H groups in total. The van der Waals surface area contributed by atoms with Gasteiger partial charge in [-0.25, -0.2) is 0 Å². The fourth-order valence-corrected chi connectivity index (χ4v) is 5.96. The monoisotopic (exact) mass is 360 g/mol. The molecule has 5 rings (SSSR count). The van der Waals surface area contributed by atoms with E-state index >= 15 is 0 Å². The first-order valence-electron chi connectivity index (χ1n) is 9.95. The molecule has 3 aliphatic rings. The normalized spacial score (nSPS) is 37.2. The Kier molecular flexibility index (Phi) is 3.67. The molecular formula is C24H24O3. The van der Waals surface area contributed by atoms with Gasteiger partial charge in [-0.15, -0.1) is 0 Å². The Morgan fingerprint density at radius 3 is 2.30 bits per heavy atom. The number of benzene rings is 2. The van der Waals surface area contributed by atoms with Crippen LogP contribution in [-0.4, -0.2) is 23.3 Å². The first kappa shape index (κ1) is 16.9. The summed E-state index contributed by atoms with van der Waals surface area (Å²) < 4.78 is 6.53. The average Bonchev–Trinajstić information content (AvgIpc) is 3.17. The molecule has 5 atom stereocenters. The maximum absolute atomic E-state index is 13.5. The zero-order valence-electron chi connectivity index (χ0n) is 15.6. The van der Waals surface area contributed by atoms with E-state index in [1.165, 1.54) is 0 Å². The molecule has 0 amide bonds. The average molecular weight is 360 g/mol. The van der Waals surface area contributed by atoms with Crippen molar-refractivity contribution >= 4 is 11.6 Å². The molecule has 2 aliphatic heterocycles. The number of hydrogen-bond acceptors (Lipinski definition) is 3. The van der Waals surface area contributed by atoms with Crippen molar-refractivity contribution in [3.05, 3.63) is 71.8 Å². The van der Waals surface area contributed by atoms with Gasteiger partial charge in [0.15, 0.2) is 11.6 Å². The molecule has 0 unspecified atom stereocenters. The molecule has 3 heteroatoms. The molecule has 1 aliphatic carbocycles. The van der Waals surface area contributed by atoms with E-state index < -0.39 is 23.0 Å². The SMILES string of the molecule is C[C@]12CCCC[C@@]13O[C@@H](C2=O)[C@H](C(=O)c1ccccc1)[C@H]3c1ccccc1. The van der Waals surface area contributed by atoms with E-state index in [0.29, 0.717) is 5.56 Å². The summed E-state index contributed by atoms with van der Waals surface area (Å²) in [5, 5.41) is 0. The number of Topliss-reactive ketones (excluding diaryl/α,β-unsaturated/α-hetero) is 2. The summed E-state index contributed by atoms with van der Waals surface area (Å²) in [4.78, 5) is 26.9. The van der Waals surface area contributed by atoms with Gasteiger partial charge in [0.25, 0.3) is 0 Å². The summed E-state index contributed by atoms with van der Waals surface area (Å²) in [6, 6.07) is 19.6. The standard InChI is InChI=1S/C24H24O3/c1-23-14-8-9-15-24(23)19(16-10-4-2-5-11-16)18(21(27-24)22(23)26)20(25)17-12-6-3-7-13-17/h2-7,10-13,18-19,21H,8-9,14-15H2,1H3/t18-,19+,21+,23+,24-/m0/s1. The van der Waals surface area contributed by atoms with Gasteiger partial charge in [0.1, 0.15) is 6.10 Å². The molecule has 2 saturated heterocycles. The lowest BCUT2D eigenvalue weighted by Gasteiger charge is -2.50. The quantitative estimate of drug-likeness (QED) is 0.753. The molecule has 0 aromatic heterocycles. The predicted molar refractivity (Wildman–Crippen MR) is 103 cm³/mol. The van der Waals surface area contributed by atoms with Crippen LogP contribution in [0.4, 0.5) is 0 Å². The van der Waals surface area contributed by atoms with E-state index in [4.69, 9.17) is 4.74 Å². The van der Waals surface area contributed by atoms with Crippen LogP contribution in [0.3, 0.4) is 0 Å². The smallest absolute Gasteiger partial charge is 0.171 e. The fourth-order valence-electron chi connectivity index (χ4n) is 5.96. The second-order valence-corrected chi connectivity index (χ2v) is 8.48. The van der Waals surface area contributed by atoms with Gasteiger partial charge < -0.3 is 4.74 Å². The highest BCUT2D eigenvalue weighted by Crippen LogP contribution is 2.67. The van der Waals surface area contributed by atoms with Crippen LogP contribution in [0.2, 0.25) is 0 Å². The van der Waals surface area contributed by atoms with Crippen LogP contribution in [-0.2, 0) is 9.53 Å². The number of fused-ring (bicyclic) bond motifs is 1. The number of rotatable bonds is 3. The molecule has 27 heavy (non-hydrogen) atoms. The van der Waals surface area contributed by atoms with Crippen molar-refractivity contribution in [3.63, 3.8) is 0 Å². The van der Waals surface area contributed by atoms with Crippen LogP contribution in [0.5, 0.6) is 0 Å². The van der Waals surface area contributed by atoms with E-state index in [-0.39, 0.29) is 17.5 Å². The minimum Gasteiger partial charge on any atom is -0.361 e. The van der Waals surface area contributed by atoms with Gasteiger partial charge in [-0.1, -0.05) is 73.5 Å². The molecule has 0 radical (unpaired) electrons. The Bertz CT molecular complexity index is 890. The van der Waals surface area contributed by atoms with Gasteiger partial charge in [-0.2, -0.15) is 0 Å². The largest absolute Gasteiger partial charge is 0.361 e. The fraction of sp³-hybridized carbons (Fsp3) is 0.417. The van der Waals surface area contributed by atoms with Crippen molar-refractivity contribution in [1.82, 2.24) is 0 Å². The van der Waals surface area contributed by atoms with Crippen LogP contribution in [0, 0.1) is 11.3 Å². The highest BCUT2D eigenvalue weighted by Gasteiger charge is 2.75. The van der Waals surface area contributed by atoms with E-state index in [0.717, 1.165) is 31.2 Å². The first-order valence-corrected chi connectivity index (χ1v) is 9.95. The van der Waals surface area contributed by atoms with E-state index in [1.807, 2.05) is 48.5 Å². The molecule has 3 fully saturated rings. The summed E-state index contributed by atoms with van der Waals surface area (Å²) in [7, 11) is 0. The van der Waals surface area contributed by atoms with Crippen molar-refractivity contribution in [2.75, 3.05) is 0 Å². The molecule has 1 saturated carbocycles. The lowest BCUT2D eigenvalue weighted by Crippen LogP contribution is -2.57. The third-order valence-electron chi connectivity index (χ3n) is 7.26. The summed E-state index contributed by atoms with van der Waals surface area (Å²) in [6.07, 6.45) is 3.19. The molecule has 1 spiro atoms. The summed E-state index contributed by atoms with van der Waals surface area (Å²) in [5.41, 5.74) is 0.754. The van der Waals surface area contributed by atoms with Gasteiger partial charge in [0.05, 0.1) is 16.9 Å². The van der Waals surface area contributed by atoms with Crippen molar-refractivity contribution in [1.29, 1.82) is 0 Å². The third-order valence-corrected chi connectivity index (χ3v) is 7.26. The maximum Gasteiger partial charge on any atom is 0.171 e. The topological polar surface area (TPSA) is 43.4 Å². The van der Waals surface area contributed by atoms with Gasteiger partial charge in [0.2, 0.25) is 0 Å².